The minimum Gasteiger partial charge on any atom is -0.316 e. The van der Waals surface area contributed by atoms with Crippen LogP contribution in [0.15, 0.2) is 0 Å². The molecule has 0 spiro atoms. The van der Waals surface area contributed by atoms with E-state index in [1.54, 1.807) is 18.7 Å². The van der Waals surface area contributed by atoms with Crippen molar-refractivity contribution in [2.45, 2.75) is 18.7 Å². The molecule has 17 heavy (non-hydrogen) atoms. The summed E-state index contributed by atoms with van der Waals surface area (Å²) in [6, 6.07) is 0. The van der Waals surface area contributed by atoms with E-state index in [-0.39, 0.29) is 11.1 Å². The molecule has 0 aromatic carbocycles. The van der Waals surface area contributed by atoms with E-state index in [1.807, 2.05) is 0 Å². The molecule has 2 heterocycles. The average molecular weight is 278 g/mol. The molecule has 1 atom stereocenters. The standard InChI is InChI=1S/C11H22N2O2S2/c1-2-17(14,15)11-9-16-6-5-13(11)4-3-10-7-12-8-10/h10-12H,2-9H2,1H3. The molecule has 100 valence electrons. The third kappa shape index (κ3) is 3.36. The van der Waals surface area contributed by atoms with Crippen molar-refractivity contribution in [1.29, 1.82) is 0 Å². The largest absolute Gasteiger partial charge is 0.316 e. The smallest absolute Gasteiger partial charge is 0.166 e. The maximum Gasteiger partial charge on any atom is 0.166 e. The first-order chi connectivity index (χ1) is 8.13. The van der Waals surface area contributed by atoms with Crippen LogP contribution in [0.4, 0.5) is 0 Å². The van der Waals surface area contributed by atoms with Crippen LogP contribution in [-0.2, 0) is 9.84 Å². The zero-order valence-corrected chi connectivity index (χ0v) is 12.0. The Balaban J connectivity index is 1.91. The summed E-state index contributed by atoms with van der Waals surface area (Å²) >= 11 is 1.77. The van der Waals surface area contributed by atoms with E-state index < -0.39 is 9.84 Å². The summed E-state index contributed by atoms with van der Waals surface area (Å²) in [7, 11) is -2.92. The van der Waals surface area contributed by atoms with Crippen LogP contribution in [0.5, 0.6) is 0 Å². The molecule has 6 heteroatoms. The number of thioether (sulfide) groups is 1. The van der Waals surface area contributed by atoms with E-state index in [4.69, 9.17) is 0 Å². The predicted molar refractivity (Wildman–Crippen MR) is 73.1 cm³/mol. The monoisotopic (exact) mass is 278 g/mol. The highest BCUT2D eigenvalue weighted by Gasteiger charge is 2.33. The van der Waals surface area contributed by atoms with Crippen molar-refractivity contribution in [3.05, 3.63) is 0 Å². The van der Waals surface area contributed by atoms with E-state index in [9.17, 15) is 8.42 Å². The minimum absolute atomic E-state index is 0.237. The average Bonchev–Trinajstić information content (AvgIpc) is 2.27. The first-order valence-corrected chi connectivity index (χ1v) is 9.24. The van der Waals surface area contributed by atoms with Gasteiger partial charge in [0.15, 0.2) is 9.84 Å². The van der Waals surface area contributed by atoms with Crippen molar-refractivity contribution < 1.29 is 8.42 Å². The molecule has 0 aromatic rings. The second-order valence-electron chi connectivity index (χ2n) is 4.83. The van der Waals surface area contributed by atoms with E-state index in [0.717, 1.165) is 50.0 Å². The Bertz CT molecular complexity index is 341. The summed E-state index contributed by atoms with van der Waals surface area (Å²) < 4.78 is 24.1. The molecule has 2 saturated heterocycles. The lowest BCUT2D eigenvalue weighted by molar-refractivity contribution is 0.223. The molecule has 2 aliphatic rings. The molecular formula is C11H22N2O2S2. The lowest BCUT2D eigenvalue weighted by Gasteiger charge is -2.36. The van der Waals surface area contributed by atoms with Gasteiger partial charge in [0.25, 0.3) is 0 Å². The lowest BCUT2D eigenvalue weighted by atomic mass is 9.99. The van der Waals surface area contributed by atoms with Crippen LogP contribution in [0.3, 0.4) is 0 Å². The van der Waals surface area contributed by atoms with Crippen LogP contribution >= 0.6 is 11.8 Å². The van der Waals surface area contributed by atoms with Gasteiger partial charge in [-0.15, -0.1) is 0 Å². The summed E-state index contributed by atoms with van der Waals surface area (Å²) in [4.78, 5) is 2.19. The SMILES string of the molecule is CCS(=O)(=O)C1CSCCN1CCC1CNC1. The van der Waals surface area contributed by atoms with Gasteiger partial charge < -0.3 is 5.32 Å². The third-order valence-corrected chi connectivity index (χ3v) is 7.03. The van der Waals surface area contributed by atoms with Gasteiger partial charge in [-0.2, -0.15) is 11.8 Å². The molecule has 0 aromatic heterocycles. The van der Waals surface area contributed by atoms with Gasteiger partial charge >= 0.3 is 0 Å². The molecule has 0 saturated carbocycles. The van der Waals surface area contributed by atoms with Crippen LogP contribution in [0.1, 0.15) is 13.3 Å². The quantitative estimate of drug-likeness (QED) is 0.789. The first kappa shape index (κ1) is 13.6. The minimum atomic E-state index is -2.92. The molecule has 0 amide bonds. The van der Waals surface area contributed by atoms with Crippen LogP contribution in [0.2, 0.25) is 0 Å². The van der Waals surface area contributed by atoms with Gasteiger partial charge in [0.1, 0.15) is 5.37 Å². The van der Waals surface area contributed by atoms with Gasteiger partial charge in [-0.05, 0) is 32.0 Å². The Labute approximate surface area is 108 Å². The van der Waals surface area contributed by atoms with Gasteiger partial charge in [-0.1, -0.05) is 6.92 Å². The van der Waals surface area contributed by atoms with E-state index >= 15 is 0 Å². The van der Waals surface area contributed by atoms with Crippen LogP contribution in [0.25, 0.3) is 0 Å². The van der Waals surface area contributed by atoms with Gasteiger partial charge in [0, 0.05) is 23.8 Å². The van der Waals surface area contributed by atoms with Crippen molar-refractivity contribution in [2.75, 3.05) is 43.4 Å². The van der Waals surface area contributed by atoms with Crippen molar-refractivity contribution in [1.82, 2.24) is 10.2 Å². The van der Waals surface area contributed by atoms with Gasteiger partial charge in [-0.25, -0.2) is 8.42 Å². The Morgan fingerprint density at radius 2 is 2.18 bits per heavy atom. The first-order valence-electron chi connectivity index (χ1n) is 6.37. The molecular weight excluding hydrogens is 256 g/mol. The molecule has 2 fully saturated rings. The lowest BCUT2D eigenvalue weighted by Crippen LogP contribution is -2.50. The molecule has 0 radical (unpaired) electrons. The van der Waals surface area contributed by atoms with Crippen molar-refractivity contribution >= 4 is 21.6 Å². The predicted octanol–water partition coefficient (Wildman–Crippen LogP) is 0.406. The molecule has 0 aliphatic carbocycles. The fourth-order valence-electron chi connectivity index (χ4n) is 2.30. The van der Waals surface area contributed by atoms with Crippen molar-refractivity contribution in [2.24, 2.45) is 5.92 Å². The molecule has 0 bridgehead atoms. The molecule has 1 unspecified atom stereocenters. The van der Waals surface area contributed by atoms with E-state index in [2.05, 4.69) is 10.2 Å². The second kappa shape index (κ2) is 5.91. The van der Waals surface area contributed by atoms with Gasteiger partial charge in [0.05, 0.1) is 0 Å². The van der Waals surface area contributed by atoms with Crippen molar-refractivity contribution in [3.8, 4) is 0 Å². The van der Waals surface area contributed by atoms with E-state index in [1.165, 1.54) is 0 Å². The number of nitrogens with zero attached hydrogens (tertiary/aromatic N) is 1. The van der Waals surface area contributed by atoms with Gasteiger partial charge in [-0.3, -0.25) is 4.90 Å². The summed E-state index contributed by atoms with van der Waals surface area (Å²) in [5, 5.41) is 3.02. The summed E-state index contributed by atoms with van der Waals surface area (Å²) in [6.07, 6.45) is 1.13. The van der Waals surface area contributed by atoms with Crippen LogP contribution in [-0.4, -0.2) is 62.1 Å². The Morgan fingerprint density at radius 1 is 1.41 bits per heavy atom. The number of hydrogen-bond donors (Lipinski definition) is 1. The summed E-state index contributed by atoms with van der Waals surface area (Å²) in [5.74, 6) is 2.84. The highest BCUT2D eigenvalue weighted by Crippen LogP contribution is 2.22. The van der Waals surface area contributed by atoms with Crippen LogP contribution < -0.4 is 5.32 Å². The zero-order valence-electron chi connectivity index (χ0n) is 10.4. The Morgan fingerprint density at radius 3 is 2.76 bits per heavy atom. The Hall–Kier alpha value is 0.220. The summed E-state index contributed by atoms with van der Waals surface area (Å²) in [6.45, 7) is 5.83. The topological polar surface area (TPSA) is 49.4 Å². The van der Waals surface area contributed by atoms with Gasteiger partial charge in [0.2, 0.25) is 0 Å². The highest BCUT2D eigenvalue weighted by atomic mass is 32.2. The molecule has 1 N–H and O–H groups in total. The Kier molecular flexibility index (Phi) is 4.74. The van der Waals surface area contributed by atoms with E-state index in [0.29, 0.717) is 0 Å². The highest BCUT2D eigenvalue weighted by molar-refractivity contribution is 8.01. The number of nitrogens with one attached hydrogen (secondary N) is 1. The fourth-order valence-corrected chi connectivity index (χ4v) is 5.41. The second-order valence-corrected chi connectivity index (χ2v) is 8.43. The normalized spacial score (nSPS) is 27.9. The molecule has 2 aliphatic heterocycles. The van der Waals surface area contributed by atoms with Crippen LogP contribution in [0, 0.1) is 5.92 Å². The molecule has 2 rings (SSSR count). The fraction of sp³-hybridized carbons (Fsp3) is 1.00. The number of hydrogen-bond acceptors (Lipinski definition) is 5. The third-order valence-electron chi connectivity index (χ3n) is 3.70. The zero-order chi connectivity index (χ0) is 12.3. The number of rotatable bonds is 5. The molecule has 4 nitrogen and oxygen atoms in total. The maximum atomic E-state index is 12.0. The number of sulfone groups is 1. The summed E-state index contributed by atoms with van der Waals surface area (Å²) in [5.41, 5.74) is 0. The maximum absolute atomic E-state index is 12.0. The van der Waals surface area contributed by atoms with Crippen molar-refractivity contribution in [3.63, 3.8) is 0 Å².